The van der Waals surface area contributed by atoms with Crippen LogP contribution in [0, 0.1) is 0 Å². The van der Waals surface area contributed by atoms with E-state index >= 15 is 0 Å². The van der Waals surface area contributed by atoms with Crippen molar-refractivity contribution in [1.82, 2.24) is 10.1 Å². The highest BCUT2D eigenvalue weighted by Crippen LogP contribution is 2.16. The molecule has 0 radical (unpaired) electrons. The summed E-state index contributed by atoms with van der Waals surface area (Å²) >= 11 is 0. The number of anilines is 2. The molecule has 1 aromatic heterocycles. The zero-order valence-electron chi connectivity index (χ0n) is 15.7. The molecule has 2 aromatic rings. The second-order valence-corrected chi connectivity index (χ2v) is 5.85. The molecule has 0 aliphatic carbocycles. The molecular formula is C19H26N4O4. The SMILES string of the molecule is CCOCCCN(CC(=O)Nc1ccon1)C(=O)Nc1ccccc1CC. The number of aryl methyl sites for hydroxylation is 1. The van der Waals surface area contributed by atoms with E-state index in [1.165, 1.54) is 17.2 Å². The molecule has 2 rings (SSSR count). The summed E-state index contributed by atoms with van der Waals surface area (Å²) in [7, 11) is 0. The molecule has 1 heterocycles. The first-order chi connectivity index (χ1) is 13.1. The van der Waals surface area contributed by atoms with Gasteiger partial charge < -0.3 is 24.8 Å². The minimum absolute atomic E-state index is 0.0981. The van der Waals surface area contributed by atoms with E-state index in [0.29, 0.717) is 32.0 Å². The first-order valence-corrected chi connectivity index (χ1v) is 9.05. The number of ether oxygens (including phenoxy) is 1. The normalized spacial score (nSPS) is 10.4. The van der Waals surface area contributed by atoms with Gasteiger partial charge in [-0.15, -0.1) is 0 Å². The first-order valence-electron chi connectivity index (χ1n) is 9.05. The molecule has 0 aliphatic heterocycles. The average molecular weight is 374 g/mol. The third kappa shape index (κ3) is 6.74. The molecule has 0 spiro atoms. The van der Waals surface area contributed by atoms with Crippen molar-refractivity contribution in [3.63, 3.8) is 0 Å². The molecule has 146 valence electrons. The van der Waals surface area contributed by atoms with Crippen molar-refractivity contribution in [3.8, 4) is 0 Å². The van der Waals surface area contributed by atoms with Gasteiger partial charge in [0.15, 0.2) is 5.82 Å². The number of urea groups is 1. The van der Waals surface area contributed by atoms with Crippen LogP contribution in [-0.4, -0.2) is 48.3 Å². The largest absolute Gasteiger partial charge is 0.382 e. The minimum Gasteiger partial charge on any atom is -0.382 e. The number of para-hydroxylation sites is 1. The Morgan fingerprint density at radius 1 is 1.19 bits per heavy atom. The van der Waals surface area contributed by atoms with Gasteiger partial charge in [-0.25, -0.2) is 4.79 Å². The van der Waals surface area contributed by atoms with E-state index in [2.05, 4.69) is 20.3 Å². The Kier molecular flexibility index (Phi) is 8.31. The smallest absolute Gasteiger partial charge is 0.322 e. The van der Waals surface area contributed by atoms with Gasteiger partial charge in [-0.2, -0.15) is 0 Å². The number of nitrogens with zero attached hydrogens (tertiary/aromatic N) is 2. The van der Waals surface area contributed by atoms with Crippen LogP contribution in [0.15, 0.2) is 41.1 Å². The molecular weight excluding hydrogens is 348 g/mol. The minimum atomic E-state index is -0.348. The van der Waals surface area contributed by atoms with Crippen molar-refractivity contribution in [2.24, 2.45) is 0 Å². The maximum absolute atomic E-state index is 12.7. The van der Waals surface area contributed by atoms with Crippen molar-refractivity contribution >= 4 is 23.4 Å². The number of benzene rings is 1. The highest BCUT2D eigenvalue weighted by molar-refractivity contribution is 5.96. The monoisotopic (exact) mass is 374 g/mol. The number of aromatic nitrogens is 1. The van der Waals surface area contributed by atoms with Gasteiger partial charge in [0.25, 0.3) is 0 Å². The van der Waals surface area contributed by atoms with E-state index in [1.54, 1.807) is 0 Å². The Morgan fingerprint density at radius 2 is 2.00 bits per heavy atom. The Hall–Kier alpha value is -2.87. The summed E-state index contributed by atoms with van der Waals surface area (Å²) < 4.78 is 10.0. The standard InChI is InChI=1S/C19H26N4O4/c1-3-15-8-5-6-9-16(15)20-19(25)23(11-7-12-26-4-2)14-18(24)21-17-10-13-27-22-17/h5-6,8-10,13H,3-4,7,11-12,14H2,1-2H3,(H,20,25)(H,21,22,24). The number of hydrogen-bond donors (Lipinski definition) is 2. The van der Waals surface area contributed by atoms with Gasteiger partial charge in [-0.3, -0.25) is 4.79 Å². The van der Waals surface area contributed by atoms with Crippen LogP contribution in [0.25, 0.3) is 0 Å². The summed E-state index contributed by atoms with van der Waals surface area (Å²) in [5.41, 5.74) is 1.78. The summed E-state index contributed by atoms with van der Waals surface area (Å²) in [4.78, 5) is 26.4. The van der Waals surface area contributed by atoms with Crippen LogP contribution < -0.4 is 10.6 Å². The molecule has 27 heavy (non-hydrogen) atoms. The van der Waals surface area contributed by atoms with Gasteiger partial charge in [0, 0.05) is 31.5 Å². The van der Waals surface area contributed by atoms with Crippen LogP contribution in [0.2, 0.25) is 0 Å². The van der Waals surface area contributed by atoms with Gasteiger partial charge in [0.2, 0.25) is 5.91 Å². The molecule has 2 N–H and O–H groups in total. The molecule has 3 amide bonds. The lowest BCUT2D eigenvalue weighted by molar-refractivity contribution is -0.116. The van der Waals surface area contributed by atoms with E-state index < -0.39 is 0 Å². The van der Waals surface area contributed by atoms with Crippen LogP contribution >= 0.6 is 0 Å². The lowest BCUT2D eigenvalue weighted by Gasteiger charge is -2.23. The molecule has 0 fully saturated rings. The van der Waals surface area contributed by atoms with Gasteiger partial charge in [0.05, 0.1) is 0 Å². The number of rotatable bonds is 10. The molecule has 0 aliphatic rings. The van der Waals surface area contributed by atoms with Crippen molar-refractivity contribution in [1.29, 1.82) is 0 Å². The molecule has 0 unspecified atom stereocenters. The number of nitrogens with one attached hydrogen (secondary N) is 2. The van der Waals surface area contributed by atoms with E-state index in [0.717, 1.165) is 17.7 Å². The summed E-state index contributed by atoms with van der Waals surface area (Å²) in [6, 6.07) is 8.82. The van der Waals surface area contributed by atoms with Crippen LogP contribution in [0.3, 0.4) is 0 Å². The fraction of sp³-hybridized carbons (Fsp3) is 0.421. The molecule has 0 atom stereocenters. The zero-order chi connectivity index (χ0) is 19.5. The quantitative estimate of drug-likeness (QED) is 0.623. The number of amides is 3. The van der Waals surface area contributed by atoms with Crippen LogP contribution in [0.4, 0.5) is 16.3 Å². The highest BCUT2D eigenvalue weighted by atomic mass is 16.5. The maximum atomic E-state index is 12.7. The van der Waals surface area contributed by atoms with E-state index in [9.17, 15) is 9.59 Å². The Bertz CT molecular complexity index is 718. The predicted octanol–water partition coefficient (Wildman–Crippen LogP) is 3.14. The van der Waals surface area contributed by atoms with Gasteiger partial charge in [0.1, 0.15) is 12.8 Å². The molecule has 0 saturated heterocycles. The van der Waals surface area contributed by atoms with Crippen LogP contribution in [-0.2, 0) is 16.0 Å². The van der Waals surface area contributed by atoms with E-state index in [-0.39, 0.29) is 18.5 Å². The van der Waals surface area contributed by atoms with Crippen molar-refractivity contribution in [2.75, 3.05) is 36.9 Å². The molecule has 8 heteroatoms. The Morgan fingerprint density at radius 3 is 2.70 bits per heavy atom. The van der Waals surface area contributed by atoms with Crippen molar-refractivity contribution in [3.05, 3.63) is 42.2 Å². The van der Waals surface area contributed by atoms with Crippen LogP contribution in [0.5, 0.6) is 0 Å². The fourth-order valence-electron chi connectivity index (χ4n) is 2.53. The summed E-state index contributed by atoms with van der Waals surface area (Å²) in [6.07, 6.45) is 2.80. The van der Waals surface area contributed by atoms with E-state index in [4.69, 9.17) is 4.74 Å². The summed E-state index contributed by atoms with van der Waals surface area (Å²) in [6.45, 7) is 5.37. The number of carbonyl (C=O) groups excluding carboxylic acids is 2. The third-order valence-electron chi connectivity index (χ3n) is 3.89. The molecule has 8 nitrogen and oxygen atoms in total. The summed E-state index contributed by atoms with van der Waals surface area (Å²) in [5.74, 6) is -0.0368. The Balaban J connectivity index is 2.00. The number of hydrogen-bond acceptors (Lipinski definition) is 5. The van der Waals surface area contributed by atoms with Gasteiger partial charge >= 0.3 is 6.03 Å². The second-order valence-electron chi connectivity index (χ2n) is 5.85. The summed E-state index contributed by atoms with van der Waals surface area (Å²) in [5, 5.41) is 9.14. The molecule has 0 saturated carbocycles. The predicted molar refractivity (Wildman–Crippen MR) is 103 cm³/mol. The second kappa shape index (κ2) is 11.0. The molecule has 0 bridgehead atoms. The zero-order valence-corrected chi connectivity index (χ0v) is 15.7. The fourth-order valence-corrected chi connectivity index (χ4v) is 2.53. The average Bonchev–Trinajstić information content (AvgIpc) is 3.17. The van der Waals surface area contributed by atoms with Gasteiger partial charge in [-0.1, -0.05) is 30.3 Å². The number of carbonyl (C=O) groups is 2. The van der Waals surface area contributed by atoms with E-state index in [1.807, 2.05) is 38.1 Å². The maximum Gasteiger partial charge on any atom is 0.322 e. The van der Waals surface area contributed by atoms with Gasteiger partial charge in [-0.05, 0) is 31.4 Å². The van der Waals surface area contributed by atoms with Crippen molar-refractivity contribution < 1.29 is 18.8 Å². The third-order valence-corrected chi connectivity index (χ3v) is 3.89. The van der Waals surface area contributed by atoms with Crippen LogP contribution in [0.1, 0.15) is 25.8 Å². The topological polar surface area (TPSA) is 96.7 Å². The lowest BCUT2D eigenvalue weighted by atomic mass is 10.1. The lowest BCUT2D eigenvalue weighted by Crippen LogP contribution is -2.41. The first kappa shape index (κ1) is 20.4. The highest BCUT2D eigenvalue weighted by Gasteiger charge is 2.18. The Labute approximate surface area is 158 Å². The van der Waals surface area contributed by atoms with Crippen molar-refractivity contribution in [2.45, 2.75) is 26.7 Å². The molecule has 1 aromatic carbocycles.